The zero-order valence-corrected chi connectivity index (χ0v) is 12.5. The summed E-state index contributed by atoms with van der Waals surface area (Å²) in [6, 6.07) is 12.3. The SMILES string of the molecule is C/C(=N\O)c1ccc(Cl)cc1NC(=O)c1ccccc1C. The Hall–Kier alpha value is -2.33. The third-order valence-corrected chi connectivity index (χ3v) is 3.39. The molecular formula is C16H15ClN2O2. The highest BCUT2D eigenvalue weighted by Gasteiger charge is 2.13. The van der Waals surface area contributed by atoms with Crippen LogP contribution in [0.1, 0.15) is 28.4 Å². The number of hydrogen-bond acceptors (Lipinski definition) is 3. The average Bonchev–Trinajstić information content (AvgIpc) is 2.47. The zero-order chi connectivity index (χ0) is 15.4. The molecule has 4 nitrogen and oxygen atoms in total. The number of benzene rings is 2. The Labute approximate surface area is 128 Å². The molecule has 2 N–H and O–H groups in total. The number of amides is 1. The fraction of sp³-hybridized carbons (Fsp3) is 0.125. The third kappa shape index (κ3) is 3.41. The first kappa shape index (κ1) is 15.1. The van der Waals surface area contributed by atoms with E-state index in [2.05, 4.69) is 10.5 Å². The van der Waals surface area contributed by atoms with Crippen molar-refractivity contribution in [2.24, 2.45) is 5.16 Å². The first-order chi connectivity index (χ1) is 10.0. The second kappa shape index (κ2) is 6.41. The first-order valence-corrected chi connectivity index (χ1v) is 6.76. The highest BCUT2D eigenvalue weighted by Crippen LogP contribution is 2.23. The number of carbonyl (C=O) groups excluding carboxylic acids is 1. The van der Waals surface area contributed by atoms with E-state index in [4.69, 9.17) is 16.8 Å². The van der Waals surface area contributed by atoms with Crippen LogP contribution in [0.5, 0.6) is 0 Å². The molecule has 2 aromatic carbocycles. The molecule has 5 heteroatoms. The minimum absolute atomic E-state index is 0.234. The number of rotatable bonds is 3. The molecule has 0 atom stereocenters. The van der Waals surface area contributed by atoms with Gasteiger partial charge in [-0.3, -0.25) is 4.79 Å². The molecule has 0 bridgehead atoms. The summed E-state index contributed by atoms with van der Waals surface area (Å²) in [5.41, 5.74) is 2.98. The summed E-state index contributed by atoms with van der Waals surface area (Å²) >= 11 is 5.97. The number of hydrogen-bond donors (Lipinski definition) is 2. The van der Waals surface area contributed by atoms with Gasteiger partial charge in [0.2, 0.25) is 0 Å². The molecule has 0 heterocycles. The largest absolute Gasteiger partial charge is 0.411 e. The number of aryl methyl sites for hydroxylation is 1. The Kier molecular flexibility index (Phi) is 4.60. The summed E-state index contributed by atoms with van der Waals surface area (Å²) in [7, 11) is 0. The van der Waals surface area contributed by atoms with Crippen LogP contribution in [-0.2, 0) is 0 Å². The molecule has 0 saturated carbocycles. The van der Waals surface area contributed by atoms with Gasteiger partial charge < -0.3 is 10.5 Å². The summed E-state index contributed by atoms with van der Waals surface area (Å²) in [4.78, 5) is 12.4. The van der Waals surface area contributed by atoms with Crippen LogP contribution in [0.15, 0.2) is 47.6 Å². The van der Waals surface area contributed by atoms with Gasteiger partial charge in [-0.25, -0.2) is 0 Å². The lowest BCUT2D eigenvalue weighted by atomic mass is 10.1. The quantitative estimate of drug-likeness (QED) is 0.509. The van der Waals surface area contributed by atoms with E-state index in [9.17, 15) is 4.79 Å². The summed E-state index contributed by atoms with van der Waals surface area (Å²) in [5, 5.41) is 15.4. The van der Waals surface area contributed by atoms with Crippen molar-refractivity contribution in [3.05, 3.63) is 64.2 Å². The van der Waals surface area contributed by atoms with Crippen molar-refractivity contribution < 1.29 is 10.0 Å². The summed E-state index contributed by atoms with van der Waals surface area (Å²) in [6.07, 6.45) is 0. The Morgan fingerprint density at radius 2 is 1.90 bits per heavy atom. The molecule has 0 saturated heterocycles. The zero-order valence-electron chi connectivity index (χ0n) is 11.7. The highest BCUT2D eigenvalue weighted by molar-refractivity contribution is 6.31. The van der Waals surface area contributed by atoms with Crippen molar-refractivity contribution >= 4 is 28.9 Å². The minimum Gasteiger partial charge on any atom is -0.411 e. The number of carbonyl (C=O) groups is 1. The van der Waals surface area contributed by atoms with E-state index in [-0.39, 0.29) is 5.91 Å². The Morgan fingerprint density at radius 3 is 2.57 bits per heavy atom. The Balaban J connectivity index is 2.37. The molecule has 0 fully saturated rings. The second-order valence-corrected chi connectivity index (χ2v) is 5.08. The van der Waals surface area contributed by atoms with Gasteiger partial charge in [-0.15, -0.1) is 0 Å². The number of anilines is 1. The minimum atomic E-state index is -0.234. The van der Waals surface area contributed by atoms with Crippen molar-refractivity contribution in [2.45, 2.75) is 13.8 Å². The van der Waals surface area contributed by atoms with Gasteiger partial charge in [0.05, 0.1) is 11.4 Å². The lowest BCUT2D eigenvalue weighted by molar-refractivity contribution is 0.102. The van der Waals surface area contributed by atoms with Crippen molar-refractivity contribution in [3.8, 4) is 0 Å². The van der Waals surface area contributed by atoms with E-state index in [0.29, 0.717) is 27.5 Å². The molecule has 0 aliphatic heterocycles. The Morgan fingerprint density at radius 1 is 1.19 bits per heavy atom. The molecule has 2 rings (SSSR count). The topological polar surface area (TPSA) is 61.7 Å². The van der Waals surface area contributed by atoms with Crippen LogP contribution < -0.4 is 5.32 Å². The normalized spacial score (nSPS) is 11.3. The van der Waals surface area contributed by atoms with E-state index in [1.807, 2.05) is 19.1 Å². The maximum absolute atomic E-state index is 12.4. The predicted molar refractivity (Wildman–Crippen MR) is 84.6 cm³/mol. The van der Waals surface area contributed by atoms with Crippen molar-refractivity contribution in [1.82, 2.24) is 0 Å². The van der Waals surface area contributed by atoms with Crippen LogP contribution in [0.25, 0.3) is 0 Å². The van der Waals surface area contributed by atoms with Gasteiger partial charge in [0, 0.05) is 16.1 Å². The van der Waals surface area contributed by atoms with Crippen LogP contribution in [0.2, 0.25) is 5.02 Å². The lowest BCUT2D eigenvalue weighted by Gasteiger charge is -2.12. The van der Waals surface area contributed by atoms with Crippen LogP contribution in [0.4, 0.5) is 5.69 Å². The molecule has 0 radical (unpaired) electrons. The molecule has 0 aromatic heterocycles. The van der Waals surface area contributed by atoms with Crippen LogP contribution in [0.3, 0.4) is 0 Å². The standard InChI is InChI=1S/C16H15ClN2O2/c1-10-5-3-4-6-13(10)16(20)18-15-9-12(17)7-8-14(15)11(2)19-21/h3-9,21H,1-2H3,(H,18,20)/b19-11+. The van der Waals surface area contributed by atoms with Gasteiger partial charge in [-0.2, -0.15) is 0 Å². The summed E-state index contributed by atoms with van der Waals surface area (Å²) < 4.78 is 0. The molecule has 108 valence electrons. The van der Waals surface area contributed by atoms with Gasteiger partial charge in [0.25, 0.3) is 5.91 Å². The molecule has 2 aromatic rings. The number of halogens is 1. The third-order valence-electron chi connectivity index (χ3n) is 3.16. The van der Waals surface area contributed by atoms with Crippen LogP contribution >= 0.6 is 11.6 Å². The van der Waals surface area contributed by atoms with E-state index in [1.54, 1.807) is 37.3 Å². The molecule has 0 unspecified atom stereocenters. The predicted octanol–water partition coefficient (Wildman–Crippen LogP) is 4.10. The Bertz CT molecular complexity index is 711. The molecule has 1 amide bonds. The molecule has 0 aliphatic rings. The van der Waals surface area contributed by atoms with E-state index >= 15 is 0 Å². The van der Waals surface area contributed by atoms with Gasteiger partial charge in [-0.05, 0) is 43.7 Å². The van der Waals surface area contributed by atoms with Crippen LogP contribution in [0, 0.1) is 6.92 Å². The van der Waals surface area contributed by atoms with E-state index in [1.165, 1.54) is 0 Å². The monoisotopic (exact) mass is 302 g/mol. The molecule has 21 heavy (non-hydrogen) atoms. The highest BCUT2D eigenvalue weighted by atomic mass is 35.5. The first-order valence-electron chi connectivity index (χ1n) is 6.38. The average molecular weight is 303 g/mol. The molecular weight excluding hydrogens is 288 g/mol. The maximum atomic E-state index is 12.4. The molecule has 0 spiro atoms. The van der Waals surface area contributed by atoms with Crippen molar-refractivity contribution in [2.75, 3.05) is 5.32 Å². The number of nitrogens with one attached hydrogen (secondary N) is 1. The number of nitrogens with zero attached hydrogens (tertiary/aromatic N) is 1. The van der Waals surface area contributed by atoms with Crippen molar-refractivity contribution in [3.63, 3.8) is 0 Å². The van der Waals surface area contributed by atoms with Crippen LogP contribution in [-0.4, -0.2) is 16.8 Å². The van der Waals surface area contributed by atoms with Gasteiger partial charge in [0.15, 0.2) is 0 Å². The van der Waals surface area contributed by atoms with Crippen molar-refractivity contribution in [1.29, 1.82) is 0 Å². The summed E-state index contributed by atoms with van der Waals surface area (Å²) in [5.74, 6) is -0.234. The van der Waals surface area contributed by atoms with E-state index < -0.39 is 0 Å². The lowest BCUT2D eigenvalue weighted by Crippen LogP contribution is -2.15. The second-order valence-electron chi connectivity index (χ2n) is 4.64. The van der Waals surface area contributed by atoms with Gasteiger partial charge in [0.1, 0.15) is 0 Å². The smallest absolute Gasteiger partial charge is 0.255 e. The van der Waals surface area contributed by atoms with E-state index in [0.717, 1.165) is 5.56 Å². The maximum Gasteiger partial charge on any atom is 0.255 e. The molecule has 0 aliphatic carbocycles. The van der Waals surface area contributed by atoms with Gasteiger partial charge >= 0.3 is 0 Å². The summed E-state index contributed by atoms with van der Waals surface area (Å²) in [6.45, 7) is 3.51. The fourth-order valence-corrected chi connectivity index (χ4v) is 2.18. The fourth-order valence-electron chi connectivity index (χ4n) is 2.01. The number of oxime groups is 1. The van der Waals surface area contributed by atoms with Gasteiger partial charge in [-0.1, -0.05) is 35.0 Å².